The average molecular weight is 316 g/mol. The van der Waals surface area contributed by atoms with E-state index in [0.717, 1.165) is 24.9 Å². The molecule has 2 N–H and O–H groups in total. The van der Waals surface area contributed by atoms with Crippen LogP contribution in [0.25, 0.3) is 11.4 Å². The summed E-state index contributed by atoms with van der Waals surface area (Å²) in [4.78, 5) is 17.8. The maximum absolute atomic E-state index is 11.4. The van der Waals surface area contributed by atoms with Crippen LogP contribution in [0.15, 0.2) is 22.7 Å². The van der Waals surface area contributed by atoms with E-state index in [1.54, 1.807) is 0 Å². The lowest BCUT2D eigenvalue weighted by Crippen LogP contribution is -2.39. The highest BCUT2D eigenvalue weighted by molar-refractivity contribution is 5.80. The lowest BCUT2D eigenvalue weighted by atomic mass is 10.2. The van der Waals surface area contributed by atoms with Crippen LogP contribution in [0.1, 0.15) is 18.7 Å². The summed E-state index contributed by atoms with van der Waals surface area (Å²) < 4.78 is 15.9. The lowest BCUT2D eigenvalue weighted by Gasteiger charge is -2.19. The minimum Gasteiger partial charge on any atom is -0.454 e. The van der Waals surface area contributed by atoms with Crippen LogP contribution in [0.2, 0.25) is 0 Å². The van der Waals surface area contributed by atoms with Gasteiger partial charge in [-0.05, 0) is 37.6 Å². The Morgan fingerprint density at radius 1 is 1.35 bits per heavy atom. The van der Waals surface area contributed by atoms with Gasteiger partial charge in [0.15, 0.2) is 11.5 Å². The number of nitrogens with zero attached hydrogens (tertiary/aromatic N) is 3. The molecule has 8 heteroatoms. The Morgan fingerprint density at radius 2 is 2.22 bits per heavy atom. The van der Waals surface area contributed by atoms with E-state index in [1.165, 1.54) is 0 Å². The van der Waals surface area contributed by atoms with Gasteiger partial charge in [-0.25, -0.2) is 0 Å². The number of rotatable bonds is 4. The van der Waals surface area contributed by atoms with Crippen molar-refractivity contribution in [1.29, 1.82) is 0 Å². The Balaban J connectivity index is 1.52. The standard InChI is InChI=1S/C15H16N4O4/c16-14(20)10-2-1-5-19(10)7-13-17-15(18-23-13)9-3-4-11-12(6-9)22-8-21-11/h3-4,6,10H,1-2,5,7-8H2,(H2,16,20). The van der Waals surface area contributed by atoms with Gasteiger partial charge in [0, 0.05) is 5.56 Å². The Morgan fingerprint density at radius 3 is 3.09 bits per heavy atom. The van der Waals surface area contributed by atoms with Crippen molar-refractivity contribution in [2.45, 2.75) is 25.4 Å². The zero-order chi connectivity index (χ0) is 15.8. The fraction of sp³-hybridized carbons (Fsp3) is 0.400. The minimum atomic E-state index is -0.307. The van der Waals surface area contributed by atoms with Crippen LogP contribution in [0.5, 0.6) is 11.5 Å². The monoisotopic (exact) mass is 316 g/mol. The molecule has 23 heavy (non-hydrogen) atoms. The SMILES string of the molecule is NC(=O)C1CCCN1Cc1nc(-c2ccc3c(c2)OCO3)no1. The molecule has 1 amide bonds. The van der Waals surface area contributed by atoms with E-state index in [1.807, 2.05) is 23.1 Å². The molecule has 120 valence electrons. The predicted octanol–water partition coefficient (Wildman–Crippen LogP) is 0.915. The van der Waals surface area contributed by atoms with E-state index in [-0.39, 0.29) is 18.7 Å². The Bertz CT molecular complexity index is 745. The summed E-state index contributed by atoms with van der Waals surface area (Å²) in [5.41, 5.74) is 6.21. The first-order valence-corrected chi connectivity index (χ1v) is 7.47. The molecule has 1 fully saturated rings. The van der Waals surface area contributed by atoms with Crippen LogP contribution >= 0.6 is 0 Å². The molecule has 1 aromatic carbocycles. The third-order valence-electron chi connectivity index (χ3n) is 4.13. The Labute approximate surface area is 132 Å². The van der Waals surface area contributed by atoms with Crippen molar-refractivity contribution in [2.24, 2.45) is 5.73 Å². The second-order valence-electron chi connectivity index (χ2n) is 5.61. The normalized spacial score (nSPS) is 20.1. The fourth-order valence-corrected chi connectivity index (χ4v) is 2.98. The molecule has 2 aliphatic heterocycles. The molecular formula is C15H16N4O4. The third kappa shape index (κ3) is 2.61. The van der Waals surface area contributed by atoms with Crippen molar-refractivity contribution in [2.75, 3.05) is 13.3 Å². The van der Waals surface area contributed by atoms with Gasteiger partial charge < -0.3 is 19.7 Å². The number of primary amides is 1. The van der Waals surface area contributed by atoms with Gasteiger partial charge in [-0.15, -0.1) is 0 Å². The number of fused-ring (bicyclic) bond motifs is 1. The first-order chi connectivity index (χ1) is 11.2. The second kappa shape index (κ2) is 5.54. The van der Waals surface area contributed by atoms with Gasteiger partial charge in [-0.1, -0.05) is 5.16 Å². The summed E-state index contributed by atoms with van der Waals surface area (Å²) in [6.07, 6.45) is 1.72. The van der Waals surface area contributed by atoms with Gasteiger partial charge in [0.2, 0.25) is 24.4 Å². The maximum atomic E-state index is 11.4. The van der Waals surface area contributed by atoms with Crippen LogP contribution in [0.3, 0.4) is 0 Å². The van der Waals surface area contributed by atoms with Crippen molar-refractivity contribution in [1.82, 2.24) is 15.0 Å². The van der Waals surface area contributed by atoms with E-state index < -0.39 is 0 Å². The molecule has 1 aromatic heterocycles. The number of benzene rings is 1. The van der Waals surface area contributed by atoms with E-state index in [2.05, 4.69) is 10.1 Å². The summed E-state index contributed by atoms with van der Waals surface area (Å²) >= 11 is 0. The number of amides is 1. The summed E-state index contributed by atoms with van der Waals surface area (Å²) in [5.74, 6) is 2.01. The number of hydrogen-bond acceptors (Lipinski definition) is 7. The van der Waals surface area contributed by atoms with E-state index in [9.17, 15) is 4.79 Å². The number of carbonyl (C=O) groups excluding carboxylic acids is 1. The van der Waals surface area contributed by atoms with Crippen LogP contribution in [-0.4, -0.2) is 40.3 Å². The topological polar surface area (TPSA) is 104 Å². The molecule has 4 rings (SSSR count). The van der Waals surface area contributed by atoms with Crippen molar-refractivity contribution >= 4 is 5.91 Å². The summed E-state index contributed by atoms with van der Waals surface area (Å²) in [6, 6.07) is 5.23. The van der Waals surface area contributed by atoms with Crippen molar-refractivity contribution in [3.63, 3.8) is 0 Å². The second-order valence-corrected chi connectivity index (χ2v) is 5.61. The quantitative estimate of drug-likeness (QED) is 0.894. The molecule has 1 unspecified atom stereocenters. The van der Waals surface area contributed by atoms with Crippen LogP contribution in [0, 0.1) is 0 Å². The molecule has 3 heterocycles. The lowest BCUT2D eigenvalue weighted by molar-refractivity contribution is -0.122. The van der Waals surface area contributed by atoms with Crippen molar-refractivity contribution in [3.05, 3.63) is 24.1 Å². The van der Waals surface area contributed by atoms with Crippen LogP contribution in [0.4, 0.5) is 0 Å². The molecular weight excluding hydrogens is 300 g/mol. The average Bonchev–Trinajstić information content (AvgIpc) is 3.26. The third-order valence-corrected chi connectivity index (χ3v) is 4.13. The van der Waals surface area contributed by atoms with Gasteiger partial charge in [0.1, 0.15) is 0 Å². The number of nitrogens with two attached hydrogens (primary N) is 1. The molecule has 0 saturated carbocycles. The molecule has 0 aliphatic carbocycles. The molecule has 0 radical (unpaired) electrons. The number of likely N-dealkylation sites (tertiary alicyclic amines) is 1. The van der Waals surface area contributed by atoms with Gasteiger partial charge in [0.25, 0.3) is 0 Å². The molecule has 8 nitrogen and oxygen atoms in total. The number of aromatic nitrogens is 2. The highest BCUT2D eigenvalue weighted by Gasteiger charge is 2.30. The largest absolute Gasteiger partial charge is 0.454 e. The molecule has 0 spiro atoms. The van der Waals surface area contributed by atoms with E-state index in [4.69, 9.17) is 19.7 Å². The number of hydrogen-bond donors (Lipinski definition) is 1. The number of carbonyl (C=O) groups is 1. The van der Waals surface area contributed by atoms with E-state index >= 15 is 0 Å². The smallest absolute Gasteiger partial charge is 0.241 e. The molecule has 1 saturated heterocycles. The predicted molar refractivity (Wildman–Crippen MR) is 78.5 cm³/mol. The first-order valence-electron chi connectivity index (χ1n) is 7.47. The molecule has 1 atom stereocenters. The Hall–Kier alpha value is -2.61. The van der Waals surface area contributed by atoms with Gasteiger partial charge >= 0.3 is 0 Å². The van der Waals surface area contributed by atoms with Crippen molar-refractivity contribution in [3.8, 4) is 22.9 Å². The molecule has 0 bridgehead atoms. The zero-order valence-corrected chi connectivity index (χ0v) is 12.4. The van der Waals surface area contributed by atoms with Gasteiger partial charge in [-0.3, -0.25) is 9.69 Å². The summed E-state index contributed by atoms with van der Waals surface area (Å²) in [7, 11) is 0. The molecule has 2 aliphatic rings. The Kier molecular flexibility index (Phi) is 3.38. The highest BCUT2D eigenvalue weighted by atomic mass is 16.7. The van der Waals surface area contributed by atoms with Crippen LogP contribution in [-0.2, 0) is 11.3 Å². The van der Waals surface area contributed by atoms with Crippen LogP contribution < -0.4 is 15.2 Å². The number of ether oxygens (including phenoxy) is 2. The minimum absolute atomic E-state index is 0.222. The van der Waals surface area contributed by atoms with Gasteiger partial charge in [0.05, 0.1) is 12.6 Å². The zero-order valence-electron chi connectivity index (χ0n) is 12.4. The summed E-state index contributed by atoms with van der Waals surface area (Å²) in [5, 5.41) is 4.00. The fourth-order valence-electron chi connectivity index (χ4n) is 2.98. The molecule has 2 aromatic rings. The first kappa shape index (κ1) is 14.0. The maximum Gasteiger partial charge on any atom is 0.241 e. The highest BCUT2D eigenvalue weighted by Crippen LogP contribution is 2.35. The van der Waals surface area contributed by atoms with Crippen molar-refractivity contribution < 1.29 is 18.8 Å². The van der Waals surface area contributed by atoms with E-state index in [0.29, 0.717) is 29.8 Å². The summed E-state index contributed by atoms with van der Waals surface area (Å²) in [6.45, 7) is 1.44. The van der Waals surface area contributed by atoms with Gasteiger partial charge in [-0.2, -0.15) is 4.98 Å².